The van der Waals surface area contributed by atoms with Crippen molar-refractivity contribution >= 4 is 5.91 Å². The van der Waals surface area contributed by atoms with Crippen molar-refractivity contribution in [2.75, 3.05) is 26.7 Å². The molecule has 3 heteroatoms. The Kier molecular flexibility index (Phi) is 5.80. The molecular weight excluding hydrogens is 260 g/mol. The molecule has 0 aliphatic carbocycles. The highest BCUT2D eigenvalue weighted by atomic mass is 16.2. The molecule has 0 spiro atoms. The maximum atomic E-state index is 12.4. The van der Waals surface area contributed by atoms with Gasteiger partial charge in [0.05, 0.1) is 0 Å². The minimum atomic E-state index is 0.316. The van der Waals surface area contributed by atoms with E-state index in [1.165, 1.54) is 23.1 Å². The molecule has 1 aromatic rings. The van der Waals surface area contributed by atoms with E-state index in [4.69, 9.17) is 0 Å². The van der Waals surface area contributed by atoms with Gasteiger partial charge in [-0.1, -0.05) is 23.8 Å². The van der Waals surface area contributed by atoms with Crippen molar-refractivity contribution in [2.24, 2.45) is 5.92 Å². The van der Waals surface area contributed by atoms with E-state index < -0.39 is 0 Å². The third-order valence-corrected chi connectivity index (χ3v) is 4.47. The number of likely N-dealkylation sites (tertiary alicyclic amines) is 1. The molecule has 0 bridgehead atoms. The van der Waals surface area contributed by atoms with E-state index in [1.807, 2.05) is 7.05 Å². The maximum Gasteiger partial charge on any atom is 0.222 e. The number of carbonyl (C=O) groups is 1. The summed E-state index contributed by atoms with van der Waals surface area (Å²) >= 11 is 0. The van der Waals surface area contributed by atoms with Crippen LogP contribution in [0.4, 0.5) is 0 Å². The molecule has 1 heterocycles. The fourth-order valence-corrected chi connectivity index (χ4v) is 3.27. The van der Waals surface area contributed by atoms with Gasteiger partial charge in [0.25, 0.3) is 0 Å². The molecule has 1 amide bonds. The predicted molar refractivity (Wildman–Crippen MR) is 87.5 cm³/mol. The SMILES string of the molecule is CNC[C@@H]1CCCN(C(=O)CCc2ccc(C)cc2C)C1. The first-order chi connectivity index (χ1) is 10.1. The summed E-state index contributed by atoms with van der Waals surface area (Å²) in [7, 11) is 1.99. The van der Waals surface area contributed by atoms with Crippen LogP contribution >= 0.6 is 0 Å². The van der Waals surface area contributed by atoms with Crippen LogP contribution in [0.5, 0.6) is 0 Å². The summed E-state index contributed by atoms with van der Waals surface area (Å²) in [6.45, 7) is 7.12. The van der Waals surface area contributed by atoms with Crippen LogP contribution in [0.25, 0.3) is 0 Å². The summed E-state index contributed by atoms with van der Waals surface area (Å²) in [6, 6.07) is 6.50. The zero-order chi connectivity index (χ0) is 15.2. The van der Waals surface area contributed by atoms with Gasteiger partial charge in [0, 0.05) is 19.5 Å². The highest BCUT2D eigenvalue weighted by Gasteiger charge is 2.22. The number of hydrogen-bond donors (Lipinski definition) is 1. The van der Waals surface area contributed by atoms with Crippen molar-refractivity contribution < 1.29 is 4.79 Å². The molecule has 116 valence electrons. The number of hydrogen-bond acceptors (Lipinski definition) is 2. The average Bonchev–Trinajstić information content (AvgIpc) is 2.47. The lowest BCUT2D eigenvalue weighted by molar-refractivity contribution is -0.132. The molecule has 1 saturated heterocycles. The van der Waals surface area contributed by atoms with Crippen molar-refractivity contribution in [2.45, 2.75) is 39.5 Å². The molecule has 1 atom stereocenters. The Balaban J connectivity index is 1.86. The standard InChI is InChI=1S/C18H28N2O/c1-14-6-7-17(15(2)11-14)8-9-18(21)20-10-4-5-16(13-20)12-19-3/h6-7,11,16,19H,4-5,8-10,12-13H2,1-3H3/t16-/m0/s1. The van der Waals surface area contributed by atoms with Gasteiger partial charge in [0.15, 0.2) is 0 Å². The highest BCUT2D eigenvalue weighted by Crippen LogP contribution is 2.18. The van der Waals surface area contributed by atoms with Crippen LogP contribution in [0.15, 0.2) is 18.2 Å². The third-order valence-electron chi connectivity index (χ3n) is 4.47. The Labute approximate surface area is 128 Å². The number of carbonyl (C=O) groups excluding carboxylic acids is 1. The summed E-state index contributed by atoms with van der Waals surface area (Å²) in [5.41, 5.74) is 3.89. The summed E-state index contributed by atoms with van der Waals surface area (Å²) in [5.74, 6) is 0.935. The molecule has 1 N–H and O–H groups in total. The van der Waals surface area contributed by atoms with Gasteiger partial charge in [-0.2, -0.15) is 0 Å². The molecule has 0 unspecified atom stereocenters. The minimum Gasteiger partial charge on any atom is -0.342 e. The minimum absolute atomic E-state index is 0.316. The van der Waals surface area contributed by atoms with E-state index in [2.05, 4.69) is 42.3 Å². The van der Waals surface area contributed by atoms with Crippen molar-refractivity contribution in [3.8, 4) is 0 Å². The number of rotatable bonds is 5. The molecule has 1 aliphatic heterocycles. The number of aryl methyl sites for hydroxylation is 3. The van der Waals surface area contributed by atoms with Crippen LogP contribution in [0.1, 0.15) is 36.0 Å². The fourth-order valence-electron chi connectivity index (χ4n) is 3.27. The zero-order valence-electron chi connectivity index (χ0n) is 13.6. The average molecular weight is 288 g/mol. The Morgan fingerprint density at radius 2 is 2.19 bits per heavy atom. The second-order valence-corrected chi connectivity index (χ2v) is 6.34. The van der Waals surface area contributed by atoms with Gasteiger partial charge in [-0.25, -0.2) is 0 Å². The van der Waals surface area contributed by atoms with E-state index in [0.717, 1.165) is 32.5 Å². The summed E-state index contributed by atoms with van der Waals surface area (Å²) < 4.78 is 0. The molecule has 0 aromatic heterocycles. The van der Waals surface area contributed by atoms with Crippen LogP contribution < -0.4 is 5.32 Å². The van der Waals surface area contributed by atoms with Gasteiger partial charge >= 0.3 is 0 Å². The number of benzene rings is 1. The fraction of sp³-hybridized carbons (Fsp3) is 0.611. The number of piperidine rings is 1. The Morgan fingerprint density at radius 3 is 2.90 bits per heavy atom. The Morgan fingerprint density at radius 1 is 1.38 bits per heavy atom. The molecule has 1 fully saturated rings. The predicted octanol–water partition coefficient (Wildman–Crippen LogP) is 2.69. The molecule has 2 rings (SSSR count). The van der Waals surface area contributed by atoms with Crippen LogP contribution in [0, 0.1) is 19.8 Å². The van der Waals surface area contributed by atoms with Crippen LogP contribution in [0.3, 0.4) is 0 Å². The quantitative estimate of drug-likeness (QED) is 0.903. The van der Waals surface area contributed by atoms with E-state index >= 15 is 0 Å². The van der Waals surface area contributed by atoms with E-state index in [-0.39, 0.29) is 0 Å². The molecule has 3 nitrogen and oxygen atoms in total. The molecule has 0 radical (unpaired) electrons. The third kappa shape index (κ3) is 4.57. The highest BCUT2D eigenvalue weighted by molar-refractivity contribution is 5.76. The van der Waals surface area contributed by atoms with E-state index in [1.54, 1.807) is 0 Å². The molecule has 0 saturated carbocycles. The summed E-state index contributed by atoms with van der Waals surface area (Å²) in [5, 5.41) is 3.23. The largest absolute Gasteiger partial charge is 0.342 e. The molecule has 1 aromatic carbocycles. The molecule has 1 aliphatic rings. The summed E-state index contributed by atoms with van der Waals surface area (Å²) in [6.07, 6.45) is 3.87. The first kappa shape index (κ1) is 16.0. The topological polar surface area (TPSA) is 32.3 Å². The normalized spacial score (nSPS) is 18.8. The van der Waals surface area contributed by atoms with Gasteiger partial charge in [-0.3, -0.25) is 4.79 Å². The van der Waals surface area contributed by atoms with Crippen molar-refractivity contribution in [3.05, 3.63) is 34.9 Å². The molecular formula is C18H28N2O. The van der Waals surface area contributed by atoms with Crippen LogP contribution in [-0.2, 0) is 11.2 Å². The Hall–Kier alpha value is -1.35. The van der Waals surface area contributed by atoms with Gasteiger partial charge in [0.2, 0.25) is 5.91 Å². The Bertz CT molecular complexity index is 482. The second-order valence-electron chi connectivity index (χ2n) is 6.34. The maximum absolute atomic E-state index is 12.4. The van der Waals surface area contributed by atoms with Gasteiger partial charge < -0.3 is 10.2 Å². The van der Waals surface area contributed by atoms with Crippen molar-refractivity contribution in [3.63, 3.8) is 0 Å². The first-order valence-corrected chi connectivity index (χ1v) is 8.08. The second kappa shape index (κ2) is 7.60. The van der Waals surface area contributed by atoms with E-state index in [0.29, 0.717) is 18.2 Å². The van der Waals surface area contributed by atoms with Crippen molar-refractivity contribution in [1.29, 1.82) is 0 Å². The monoisotopic (exact) mass is 288 g/mol. The molecule has 21 heavy (non-hydrogen) atoms. The number of nitrogens with zero attached hydrogens (tertiary/aromatic N) is 1. The summed E-state index contributed by atoms with van der Waals surface area (Å²) in [4.78, 5) is 14.5. The number of nitrogens with one attached hydrogen (secondary N) is 1. The lowest BCUT2D eigenvalue weighted by atomic mass is 9.97. The van der Waals surface area contributed by atoms with E-state index in [9.17, 15) is 4.79 Å². The van der Waals surface area contributed by atoms with Crippen LogP contribution in [-0.4, -0.2) is 37.5 Å². The first-order valence-electron chi connectivity index (χ1n) is 8.08. The lowest BCUT2D eigenvalue weighted by Gasteiger charge is -2.33. The lowest BCUT2D eigenvalue weighted by Crippen LogP contribution is -2.42. The van der Waals surface area contributed by atoms with Gasteiger partial charge in [-0.05, 0) is 63.7 Å². The van der Waals surface area contributed by atoms with Crippen molar-refractivity contribution in [1.82, 2.24) is 10.2 Å². The number of amides is 1. The zero-order valence-corrected chi connectivity index (χ0v) is 13.6. The van der Waals surface area contributed by atoms with Gasteiger partial charge in [-0.15, -0.1) is 0 Å². The van der Waals surface area contributed by atoms with Crippen LogP contribution in [0.2, 0.25) is 0 Å². The van der Waals surface area contributed by atoms with Gasteiger partial charge in [0.1, 0.15) is 0 Å². The smallest absolute Gasteiger partial charge is 0.222 e.